The largest absolute Gasteiger partial charge is 0.489 e. The van der Waals surface area contributed by atoms with Crippen LogP contribution in [0.1, 0.15) is 40.7 Å². The smallest absolute Gasteiger partial charge is 0.347 e. The molecule has 42 heavy (non-hydrogen) atoms. The first-order valence-corrected chi connectivity index (χ1v) is 13.8. The molecule has 3 N–H and O–H groups in total. The highest BCUT2D eigenvalue weighted by Crippen LogP contribution is 2.34. The van der Waals surface area contributed by atoms with Gasteiger partial charge in [-0.3, -0.25) is 4.90 Å². The summed E-state index contributed by atoms with van der Waals surface area (Å²) in [6.45, 7) is 3.37. The van der Waals surface area contributed by atoms with Crippen molar-refractivity contribution in [3.63, 3.8) is 0 Å². The van der Waals surface area contributed by atoms with Gasteiger partial charge in [-0.25, -0.2) is 4.79 Å². The Balaban J connectivity index is 0.00000242. The van der Waals surface area contributed by atoms with Gasteiger partial charge in [0.2, 0.25) is 5.60 Å². The van der Waals surface area contributed by atoms with Gasteiger partial charge in [0.1, 0.15) is 18.5 Å². The minimum absolute atomic E-state index is 0. The third-order valence-electron chi connectivity index (χ3n) is 7.46. The molecule has 1 fully saturated rings. The van der Waals surface area contributed by atoms with Crippen molar-refractivity contribution >= 4 is 30.8 Å². The molecule has 4 aromatic rings. The van der Waals surface area contributed by atoms with Crippen molar-refractivity contribution in [1.29, 1.82) is 0 Å². The number of rotatable bonds is 10. The second-order valence-corrected chi connectivity index (χ2v) is 10.3. The summed E-state index contributed by atoms with van der Waals surface area (Å²) in [6.07, 6.45) is 1.18. The first-order chi connectivity index (χ1) is 19.5. The van der Waals surface area contributed by atoms with Crippen molar-refractivity contribution in [1.82, 2.24) is 4.90 Å². The van der Waals surface area contributed by atoms with Gasteiger partial charge < -0.3 is 20.3 Å². The lowest BCUT2D eigenvalue weighted by Crippen LogP contribution is -2.43. The highest BCUT2D eigenvalue weighted by molar-refractivity contribution is 5.86. The van der Waals surface area contributed by atoms with Crippen molar-refractivity contribution in [3.8, 4) is 5.75 Å². The second-order valence-electron chi connectivity index (χ2n) is 10.3. The van der Waals surface area contributed by atoms with E-state index in [0.717, 1.165) is 43.6 Å². The average Bonchev–Trinajstić information content (AvgIpc) is 3.02. The minimum atomic E-state index is -1.97. The third-order valence-corrected chi connectivity index (χ3v) is 7.46. The highest BCUT2D eigenvalue weighted by atomic mass is 35.5. The standard InChI is InChI=1S/C34H36N2O4.2ClH/c35-23-26-14-16-28(17-15-26)25-39-32-13-7-12-30(22-32)34(38,29-10-5-2-6-11-29)33(37)40-31-18-20-36(21-19-31)24-27-8-3-1-4-9-27;;/h1-17,22,31,38H,18-21,23-25,35H2;2*1H. The zero-order valence-corrected chi connectivity index (χ0v) is 25.1. The van der Waals surface area contributed by atoms with Gasteiger partial charge in [0.25, 0.3) is 0 Å². The van der Waals surface area contributed by atoms with Crippen LogP contribution in [-0.4, -0.2) is 35.2 Å². The van der Waals surface area contributed by atoms with Gasteiger partial charge in [-0.1, -0.05) is 97.1 Å². The molecule has 0 aromatic heterocycles. The summed E-state index contributed by atoms with van der Waals surface area (Å²) in [5, 5.41) is 12.0. The fourth-order valence-corrected chi connectivity index (χ4v) is 5.09. The maximum atomic E-state index is 13.7. The lowest BCUT2D eigenvalue weighted by atomic mass is 9.86. The van der Waals surface area contributed by atoms with E-state index in [9.17, 15) is 9.90 Å². The lowest BCUT2D eigenvalue weighted by Gasteiger charge is -2.34. The molecule has 0 radical (unpaired) electrons. The molecule has 1 heterocycles. The predicted molar refractivity (Wildman–Crippen MR) is 170 cm³/mol. The van der Waals surface area contributed by atoms with E-state index in [1.807, 2.05) is 54.6 Å². The van der Waals surface area contributed by atoms with Gasteiger partial charge >= 0.3 is 5.97 Å². The topological polar surface area (TPSA) is 85.0 Å². The zero-order chi connectivity index (χ0) is 27.8. The highest BCUT2D eigenvalue weighted by Gasteiger charge is 2.43. The van der Waals surface area contributed by atoms with Crippen LogP contribution in [0.25, 0.3) is 0 Å². The molecular weight excluding hydrogens is 571 g/mol. The maximum absolute atomic E-state index is 13.7. The molecule has 1 aliphatic rings. The molecule has 1 saturated heterocycles. The molecule has 4 aromatic carbocycles. The number of nitrogens with two attached hydrogens (primary N) is 1. The molecule has 6 nitrogen and oxygen atoms in total. The molecule has 8 heteroatoms. The summed E-state index contributed by atoms with van der Waals surface area (Å²) < 4.78 is 12.0. The quantitative estimate of drug-likeness (QED) is 0.214. The number of ether oxygens (including phenoxy) is 2. The third kappa shape index (κ3) is 8.12. The Bertz CT molecular complexity index is 1380. The number of piperidine rings is 1. The number of aliphatic hydroxyl groups is 1. The van der Waals surface area contributed by atoms with Crippen LogP contribution in [0.2, 0.25) is 0 Å². The number of likely N-dealkylation sites (tertiary alicyclic amines) is 1. The Morgan fingerprint density at radius 1 is 0.786 bits per heavy atom. The predicted octanol–water partition coefficient (Wildman–Crippen LogP) is 6.01. The summed E-state index contributed by atoms with van der Waals surface area (Å²) in [6, 6.07) is 34.3. The molecular formula is C34H38Cl2N2O4. The first-order valence-electron chi connectivity index (χ1n) is 13.8. The van der Waals surface area contributed by atoms with E-state index in [4.69, 9.17) is 15.2 Å². The number of carbonyl (C=O) groups excluding carboxylic acids is 1. The van der Waals surface area contributed by atoms with E-state index in [1.165, 1.54) is 5.56 Å². The van der Waals surface area contributed by atoms with Crippen LogP contribution < -0.4 is 10.5 Å². The van der Waals surface area contributed by atoms with E-state index in [0.29, 0.717) is 30.0 Å². The Morgan fingerprint density at radius 3 is 2.02 bits per heavy atom. The maximum Gasteiger partial charge on any atom is 0.347 e. The number of halogens is 2. The molecule has 0 spiro atoms. The minimum Gasteiger partial charge on any atom is -0.489 e. The fourth-order valence-electron chi connectivity index (χ4n) is 5.09. The van der Waals surface area contributed by atoms with E-state index in [1.54, 1.807) is 42.5 Å². The first kappa shape index (κ1) is 33.1. The van der Waals surface area contributed by atoms with Crippen LogP contribution in [0.3, 0.4) is 0 Å². The van der Waals surface area contributed by atoms with Gasteiger partial charge in [-0.05, 0) is 47.2 Å². The summed E-state index contributed by atoms with van der Waals surface area (Å²) in [5.74, 6) is -0.119. The van der Waals surface area contributed by atoms with Crippen LogP contribution in [0, 0.1) is 0 Å². The molecule has 0 amide bonds. The van der Waals surface area contributed by atoms with Gasteiger partial charge in [-0.15, -0.1) is 24.8 Å². The van der Waals surface area contributed by atoms with Crippen LogP contribution in [0.15, 0.2) is 109 Å². The summed E-state index contributed by atoms with van der Waals surface area (Å²) in [4.78, 5) is 16.1. The van der Waals surface area contributed by atoms with Crippen LogP contribution in [-0.2, 0) is 34.8 Å². The Hall–Kier alpha value is -3.39. The van der Waals surface area contributed by atoms with Gasteiger partial charge in [0.05, 0.1) is 0 Å². The number of nitrogens with zero attached hydrogens (tertiary/aromatic N) is 1. The van der Waals surface area contributed by atoms with Crippen molar-refractivity contribution in [2.75, 3.05) is 13.1 Å². The summed E-state index contributed by atoms with van der Waals surface area (Å²) >= 11 is 0. The number of hydrogen-bond acceptors (Lipinski definition) is 6. The molecule has 1 unspecified atom stereocenters. The molecule has 222 valence electrons. The molecule has 0 bridgehead atoms. The number of hydrogen-bond donors (Lipinski definition) is 2. The molecule has 1 aliphatic heterocycles. The van der Waals surface area contributed by atoms with Gasteiger partial charge in [0.15, 0.2) is 0 Å². The van der Waals surface area contributed by atoms with Crippen molar-refractivity contribution < 1.29 is 19.4 Å². The second kappa shape index (κ2) is 15.7. The average molecular weight is 610 g/mol. The summed E-state index contributed by atoms with van der Waals surface area (Å²) in [5.41, 5.74) is 7.91. The number of benzene rings is 4. The summed E-state index contributed by atoms with van der Waals surface area (Å²) in [7, 11) is 0. The van der Waals surface area contributed by atoms with Crippen molar-refractivity contribution in [2.24, 2.45) is 5.73 Å². The zero-order valence-electron chi connectivity index (χ0n) is 23.4. The van der Waals surface area contributed by atoms with E-state index >= 15 is 0 Å². The fraction of sp³-hybridized carbons (Fsp3) is 0.265. The van der Waals surface area contributed by atoms with E-state index in [-0.39, 0.29) is 30.9 Å². The monoisotopic (exact) mass is 608 g/mol. The SMILES string of the molecule is Cl.Cl.NCc1ccc(COc2cccc(C(O)(C(=O)OC3CCN(Cc4ccccc4)CC3)c3ccccc3)c2)cc1. The van der Waals surface area contributed by atoms with Crippen LogP contribution >= 0.6 is 24.8 Å². The normalized spacial score (nSPS) is 15.0. The lowest BCUT2D eigenvalue weighted by molar-refractivity contribution is -0.170. The Morgan fingerprint density at radius 2 is 1.38 bits per heavy atom. The van der Waals surface area contributed by atoms with E-state index < -0.39 is 11.6 Å². The van der Waals surface area contributed by atoms with Gasteiger partial charge in [0, 0.05) is 31.7 Å². The van der Waals surface area contributed by atoms with Crippen LogP contribution in [0.5, 0.6) is 5.75 Å². The van der Waals surface area contributed by atoms with Crippen molar-refractivity contribution in [3.05, 3.63) is 137 Å². The molecule has 1 atom stereocenters. The van der Waals surface area contributed by atoms with Crippen molar-refractivity contribution in [2.45, 2.75) is 44.2 Å². The molecule has 0 saturated carbocycles. The number of carbonyl (C=O) groups is 1. The Labute approximate surface area is 260 Å². The molecule has 5 rings (SSSR count). The number of esters is 1. The Kier molecular flexibility index (Phi) is 12.4. The van der Waals surface area contributed by atoms with E-state index in [2.05, 4.69) is 17.0 Å². The van der Waals surface area contributed by atoms with Gasteiger partial charge in [-0.2, -0.15) is 0 Å². The van der Waals surface area contributed by atoms with Crippen LogP contribution in [0.4, 0.5) is 0 Å². The molecule has 0 aliphatic carbocycles.